The number of rotatable bonds is 1. The Labute approximate surface area is 73.8 Å². The lowest BCUT2D eigenvalue weighted by atomic mass is 9.95. The molecule has 0 bridgehead atoms. The minimum Gasteiger partial charge on any atom is -0.395 e. The zero-order chi connectivity index (χ0) is 8.60. The number of nitrogens with one attached hydrogen (secondary N) is 1. The van der Waals surface area contributed by atoms with Crippen molar-refractivity contribution >= 4 is 0 Å². The second-order valence-electron chi connectivity index (χ2n) is 4.31. The SMILES string of the molecule is C[C@@]12CCCN1CC(CO)NC2. The topological polar surface area (TPSA) is 35.5 Å². The third-order valence-corrected chi connectivity index (χ3v) is 3.34. The lowest BCUT2D eigenvalue weighted by molar-refractivity contribution is 0.0724. The fourth-order valence-corrected chi connectivity index (χ4v) is 2.41. The first-order valence-electron chi connectivity index (χ1n) is 4.84. The van der Waals surface area contributed by atoms with Crippen LogP contribution >= 0.6 is 0 Å². The molecular formula is C9H18N2O. The van der Waals surface area contributed by atoms with Crippen molar-refractivity contribution in [2.75, 3.05) is 26.2 Å². The highest BCUT2D eigenvalue weighted by Crippen LogP contribution is 2.30. The van der Waals surface area contributed by atoms with Gasteiger partial charge in [-0.15, -0.1) is 0 Å². The Morgan fingerprint density at radius 1 is 1.67 bits per heavy atom. The van der Waals surface area contributed by atoms with Gasteiger partial charge in [-0.3, -0.25) is 4.90 Å². The zero-order valence-electron chi connectivity index (χ0n) is 7.71. The van der Waals surface area contributed by atoms with E-state index in [1.165, 1.54) is 19.4 Å². The monoisotopic (exact) mass is 170 g/mol. The van der Waals surface area contributed by atoms with Gasteiger partial charge in [0.25, 0.3) is 0 Å². The largest absolute Gasteiger partial charge is 0.395 e. The zero-order valence-corrected chi connectivity index (χ0v) is 7.71. The Balaban J connectivity index is 2.02. The van der Waals surface area contributed by atoms with Crippen LogP contribution in [0.3, 0.4) is 0 Å². The van der Waals surface area contributed by atoms with Crippen molar-refractivity contribution in [1.82, 2.24) is 10.2 Å². The van der Waals surface area contributed by atoms with Crippen molar-refractivity contribution in [1.29, 1.82) is 0 Å². The second kappa shape index (κ2) is 2.98. The van der Waals surface area contributed by atoms with E-state index in [1.54, 1.807) is 0 Å². The molecule has 3 heteroatoms. The van der Waals surface area contributed by atoms with Crippen LogP contribution in [0.2, 0.25) is 0 Å². The van der Waals surface area contributed by atoms with Gasteiger partial charge in [0.15, 0.2) is 0 Å². The van der Waals surface area contributed by atoms with E-state index in [4.69, 9.17) is 5.11 Å². The molecule has 2 atom stereocenters. The van der Waals surface area contributed by atoms with E-state index in [0.29, 0.717) is 11.6 Å². The molecule has 2 saturated heterocycles. The average Bonchev–Trinajstić information content (AvgIpc) is 2.45. The summed E-state index contributed by atoms with van der Waals surface area (Å²) < 4.78 is 0. The molecule has 70 valence electrons. The minimum absolute atomic E-state index is 0.270. The first-order valence-corrected chi connectivity index (χ1v) is 4.84. The van der Waals surface area contributed by atoms with Crippen LogP contribution in [0.25, 0.3) is 0 Å². The maximum Gasteiger partial charge on any atom is 0.0597 e. The first-order chi connectivity index (χ1) is 5.74. The maximum absolute atomic E-state index is 9.01. The molecule has 2 fully saturated rings. The van der Waals surface area contributed by atoms with Gasteiger partial charge in [-0.1, -0.05) is 0 Å². The number of hydrogen-bond donors (Lipinski definition) is 2. The maximum atomic E-state index is 9.01. The number of aliphatic hydroxyl groups excluding tert-OH is 1. The Hall–Kier alpha value is -0.120. The van der Waals surface area contributed by atoms with Gasteiger partial charge >= 0.3 is 0 Å². The number of aliphatic hydroxyl groups is 1. The molecule has 1 unspecified atom stereocenters. The Kier molecular flexibility index (Phi) is 2.10. The number of hydrogen-bond acceptors (Lipinski definition) is 3. The number of piperazine rings is 1. The van der Waals surface area contributed by atoms with Crippen molar-refractivity contribution in [2.24, 2.45) is 0 Å². The Morgan fingerprint density at radius 3 is 3.25 bits per heavy atom. The van der Waals surface area contributed by atoms with Crippen LogP contribution in [0, 0.1) is 0 Å². The van der Waals surface area contributed by atoms with Crippen LogP contribution in [0.4, 0.5) is 0 Å². The normalized spacial score (nSPS) is 43.0. The molecule has 2 aliphatic rings. The molecule has 12 heavy (non-hydrogen) atoms. The fourth-order valence-electron chi connectivity index (χ4n) is 2.41. The van der Waals surface area contributed by atoms with Crippen LogP contribution < -0.4 is 5.32 Å². The molecule has 2 aliphatic heterocycles. The molecule has 2 heterocycles. The summed E-state index contributed by atoms with van der Waals surface area (Å²) >= 11 is 0. The average molecular weight is 170 g/mol. The number of fused-ring (bicyclic) bond motifs is 1. The van der Waals surface area contributed by atoms with Crippen molar-refractivity contribution in [2.45, 2.75) is 31.3 Å². The highest BCUT2D eigenvalue weighted by atomic mass is 16.3. The van der Waals surface area contributed by atoms with Gasteiger partial charge in [-0.2, -0.15) is 0 Å². The fraction of sp³-hybridized carbons (Fsp3) is 1.00. The van der Waals surface area contributed by atoms with Gasteiger partial charge < -0.3 is 10.4 Å². The molecule has 0 aliphatic carbocycles. The van der Waals surface area contributed by atoms with Crippen molar-refractivity contribution in [3.05, 3.63) is 0 Å². The summed E-state index contributed by atoms with van der Waals surface area (Å²) in [7, 11) is 0. The Bertz CT molecular complexity index is 174. The van der Waals surface area contributed by atoms with E-state index >= 15 is 0 Å². The van der Waals surface area contributed by atoms with E-state index in [0.717, 1.165) is 13.1 Å². The molecule has 0 aromatic carbocycles. The summed E-state index contributed by atoms with van der Waals surface area (Å²) in [5.41, 5.74) is 0.381. The molecule has 2 N–H and O–H groups in total. The summed E-state index contributed by atoms with van der Waals surface area (Å²) in [5, 5.41) is 12.4. The van der Waals surface area contributed by atoms with E-state index in [-0.39, 0.29) is 6.61 Å². The quantitative estimate of drug-likeness (QED) is 0.572. The van der Waals surface area contributed by atoms with Crippen LogP contribution in [-0.4, -0.2) is 47.8 Å². The van der Waals surface area contributed by atoms with Crippen molar-refractivity contribution < 1.29 is 5.11 Å². The van der Waals surface area contributed by atoms with Crippen LogP contribution in [0.1, 0.15) is 19.8 Å². The van der Waals surface area contributed by atoms with E-state index in [2.05, 4.69) is 17.1 Å². The van der Waals surface area contributed by atoms with Gasteiger partial charge in [-0.05, 0) is 26.3 Å². The highest BCUT2D eigenvalue weighted by Gasteiger charge is 2.40. The molecule has 0 aromatic rings. The minimum atomic E-state index is 0.270. The van der Waals surface area contributed by atoms with Gasteiger partial charge in [0.1, 0.15) is 0 Å². The molecule has 0 saturated carbocycles. The van der Waals surface area contributed by atoms with E-state index < -0.39 is 0 Å². The highest BCUT2D eigenvalue weighted by molar-refractivity contribution is 4.99. The summed E-state index contributed by atoms with van der Waals surface area (Å²) in [4.78, 5) is 2.52. The van der Waals surface area contributed by atoms with Crippen LogP contribution in [0.15, 0.2) is 0 Å². The molecule has 0 spiro atoms. The third-order valence-electron chi connectivity index (χ3n) is 3.34. The first kappa shape index (κ1) is 8.48. The second-order valence-corrected chi connectivity index (χ2v) is 4.31. The van der Waals surface area contributed by atoms with E-state index in [1.807, 2.05) is 0 Å². The smallest absolute Gasteiger partial charge is 0.0597 e. The van der Waals surface area contributed by atoms with Gasteiger partial charge in [0, 0.05) is 24.7 Å². The molecule has 2 rings (SSSR count). The van der Waals surface area contributed by atoms with Gasteiger partial charge in [-0.25, -0.2) is 0 Å². The van der Waals surface area contributed by atoms with E-state index in [9.17, 15) is 0 Å². The van der Waals surface area contributed by atoms with Crippen LogP contribution in [-0.2, 0) is 0 Å². The molecular weight excluding hydrogens is 152 g/mol. The van der Waals surface area contributed by atoms with Crippen molar-refractivity contribution in [3.63, 3.8) is 0 Å². The third kappa shape index (κ3) is 1.26. The molecule has 0 radical (unpaired) electrons. The molecule has 0 aromatic heterocycles. The lowest BCUT2D eigenvalue weighted by Gasteiger charge is -2.43. The van der Waals surface area contributed by atoms with Gasteiger partial charge in [0.2, 0.25) is 0 Å². The summed E-state index contributed by atoms with van der Waals surface area (Å²) in [6.07, 6.45) is 2.62. The van der Waals surface area contributed by atoms with Crippen LogP contribution in [0.5, 0.6) is 0 Å². The number of nitrogens with zero attached hydrogens (tertiary/aromatic N) is 1. The summed E-state index contributed by atoms with van der Waals surface area (Å²) in [6.45, 7) is 5.87. The molecule has 3 nitrogen and oxygen atoms in total. The summed E-state index contributed by atoms with van der Waals surface area (Å²) in [6, 6.07) is 0.302. The predicted octanol–water partition coefficient (Wildman–Crippen LogP) is -0.195. The van der Waals surface area contributed by atoms with Crippen molar-refractivity contribution in [3.8, 4) is 0 Å². The summed E-state index contributed by atoms with van der Waals surface area (Å²) in [5.74, 6) is 0. The lowest BCUT2D eigenvalue weighted by Crippen LogP contribution is -2.61. The van der Waals surface area contributed by atoms with Gasteiger partial charge in [0.05, 0.1) is 6.61 Å². The standard InChI is InChI=1S/C9H18N2O/c1-9-3-2-4-11(9)5-8(6-12)10-7-9/h8,10,12H,2-7H2,1H3/t8?,9-/m0/s1. The predicted molar refractivity (Wildman–Crippen MR) is 48.1 cm³/mol. The molecule has 0 amide bonds. The Morgan fingerprint density at radius 2 is 2.50 bits per heavy atom.